The first-order valence-corrected chi connectivity index (χ1v) is 6.46. The first-order chi connectivity index (χ1) is 9.15. The third-order valence-corrected chi connectivity index (χ3v) is 2.99. The minimum absolute atomic E-state index is 0.182. The molecule has 0 fully saturated rings. The van der Waals surface area contributed by atoms with Crippen LogP contribution in [-0.2, 0) is 6.54 Å². The molecule has 2 aromatic carbocycles. The lowest BCUT2D eigenvalue weighted by Gasteiger charge is -2.12. The van der Waals surface area contributed by atoms with Crippen molar-refractivity contribution in [3.63, 3.8) is 0 Å². The molecule has 19 heavy (non-hydrogen) atoms. The van der Waals surface area contributed by atoms with Gasteiger partial charge in [-0.05, 0) is 30.3 Å². The normalized spacial score (nSPS) is 10.5. The highest BCUT2D eigenvalue weighted by molar-refractivity contribution is 9.10. The van der Waals surface area contributed by atoms with Crippen molar-refractivity contribution in [2.45, 2.75) is 13.2 Å². The molecule has 0 saturated heterocycles. The van der Waals surface area contributed by atoms with E-state index in [2.05, 4.69) is 26.0 Å². The number of hydrogen-bond acceptors (Lipinski definition) is 2. The van der Waals surface area contributed by atoms with E-state index in [4.69, 9.17) is 0 Å². The summed E-state index contributed by atoms with van der Waals surface area (Å²) < 4.78 is 29.9. The number of benzene rings is 2. The van der Waals surface area contributed by atoms with E-state index in [0.29, 0.717) is 12.1 Å². The zero-order chi connectivity index (χ0) is 13.7. The smallest absolute Gasteiger partial charge is 0.387 e. The van der Waals surface area contributed by atoms with Crippen molar-refractivity contribution >= 4 is 21.6 Å². The topological polar surface area (TPSA) is 21.3 Å². The number of rotatable bonds is 5. The summed E-state index contributed by atoms with van der Waals surface area (Å²) in [5.41, 5.74) is 1.59. The predicted octanol–water partition coefficient (Wildman–Crippen LogP) is 4.66. The Bertz CT molecular complexity index is 534. The molecular formula is C14H12BrF2NO. The SMILES string of the molecule is FC(F)Oc1ccc(Br)cc1CNc1ccccc1. The van der Waals surface area contributed by atoms with Crippen LogP contribution in [0.25, 0.3) is 0 Å². The predicted molar refractivity (Wildman–Crippen MR) is 74.5 cm³/mol. The maximum atomic E-state index is 12.3. The zero-order valence-corrected chi connectivity index (χ0v) is 11.5. The van der Waals surface area contributed by atoms with Gasteiger partial charge in [-0.25, -0.2) is 0 Å². The number of hydrogen-bond donors (Lipinski definition) is 1. The zero-order valence-electron chi connectivity index (χ0n) is 9.95. The minimum Gasteiger partial charge on any atom is -0.434 e. The van der Waals surface area contributed by atoms with E-state index in [-0.39, 0.29) is 5.75 Å². The molecule has 0 spiro atoms. The van der Waals surface area contributed by atoms with Crippen LogP contribution in [0.15, 0.2) is 53.0 Å². The van der Waals surface area contributed by atoms with E-state index in [1.807, 2.05) is 30.3 Å². The van der Waals surface area contributed by atoms with E-state index in [1.54, 1.807) is 12.1 Å². The van der Waals surface area contributed by atoms with Crippen LogP contribution in [-0.4, -0.2) is 6.61 Å². The lowest BCUT2D eigenvalue weighted by Crippen LogP contribution is -2.07. The Morgan fingerprint density at radius 1 is 1.11 bits per heavy atom. The second-order valence-electron chi connectivity index (χ2n) is 3.85. The number of halogens is 3. The summed E-state index contributed by atoms with van der Waals surface area (Å²) in [5, 5.41) is 3.16. The molecule has 2 rings (SSSR count). The third kappa shape index (κ3) is 4.21. The van der Waals surface area contributed by atoms with Gasteiger partial charge in [-0.2, -0.15) is 8.78 Å². The molecular weight excluding hydrogens is 316 g/mol. The van der Waals surface area contributed by atoms with Gasteiger partial charge in [0.05, 0.1) is 0 Å². The van der Waals surface area contributed by atoms with E-state index in [1.165, 1.54) is 6.07 Å². The van der Waals surface area contributed by atoms with Gasteiger partial charge in [0.15, 0.2) is 0 Å². The lowest BCUT2D eigenvalue weighted by atomic mass is 10.2. The second kappa shape index (κ2) is 6.52. The molecule has 0 bridgehead atoms. The van der Waals surface area contributed by atoms with Crippen LogP contribution in [0.5, 0.6) is 5.75 Å². The van der Waals surface area contributed by atoms with Crippen LogP contribution >= 0.6 is 15.9 Å². The van der Waals surface area contributed by atoms with Gasteiger partial charge in [-0.3, -0.25) is 0 Å². The molecule has 0 aromatic heterocycles. The van der Waals surface area contributed by atoms with Gasteiger partial charge in [0.2, 0.25) is 0 Å². The molecule has 0 saturated carbocycles. The number of ether oxygens (including phenoxy) is 1. The van der Waals surface area contributed by atoms with Crippen LogP contribution < -0.4 is 10.1 Å². The fourth-order valence-corrected chi connectivity index (χ4v) is 2.06. The molecule has 1 N–H and O–H groups in total. The number of para-hydroxylation sites is 1. The second-order valence-corrected chi connectivity index (χ2v) is 4.77. The van der Waals surface area contributed by atoms with Crippen LogP contribution in [0.3, 0.4) is 0 Å². The molecule has 0 unspecified atom stereocenters. The van der Waals surface area contributed by atoms with E-state index in [0.717, 1.165) is 10.2 Å². The number of anilines is 1. The van der Waals surface area contributed by atoms with Crippen LogP contribution in [0, 0.1) is 0 Å². The summed E-state index contributed by atoms with van der Waals surface area (Å²) in [6.45, 7) is -2.41. The fourth-order valence-electron chi connectivity index (χ4n) is 1.65. The van der Waals surface area contributed by atoms with Crippen molar-refractivity contribution < 1.29 is 13.5 Å². The maximum Gasteiger partial charge on any atom is 0.387 e. The van der Waals surface area contributed by atoms with Crippen LogP contribution in [0.2, 0.25) is 0 Å². The standard InChI is InChI=1S/C14H12BrF2NO/c15-11-6-7-13(19-14(16)17)10(8-11)9-18-12-4-2-1-3-5-12/h1-8,14,18H,9H2. The monoisotopic (exact) mass is 327 g/mol. The number of alkyl halides is 2. The van der Waals surface area contributed by atoms with Crippen molar-refractivity contribution in [2.75, 3.05) is 5.32 Å². The van der Waals surface area contributed by atoms with E-state index < -0.39 is 6.61 Å². The van der Waals surface area contributed by atoms with Crippen molar-refractivity contribution in [1.29, 1.82) is 0 Å². The van der Waals surface area contributed by atoms with E-state index >= 15 is 0 Å². The highest BCUT2D eigenvalue weighted by Gasteiger charge is 2.10. The average molecular weight is 328 g/mol. The van der Waals surface area contributed by atoms with Gasteiger partial charge in [0.25, 0.3) is 0 Å². The molecule has 100 valence electrons. The average Bonchev–Trinajstić information content (AvgIpc) is 2.40. The Morgan fingerprint density at radius 3 is 2.53 bits per heavy atom. The lowest BCUT2D eigenvalue weighted by molar-refractivity contribution is -0.0504. The molecule has 0 amide bonds. The Balaban J connectivity index is 2.12. The fraction of sp³-hybridized carbons (Fsp3) is 0.143. The minimum atomic E-state index is -2.82. The Labute approximate surface area is 118 Å². The first-order valence-electron chi connectivity index (χ1n) is 5.67. The van der Waals surface area contributed by atoms with Crippen molar-refractivity contribution in [1.82, 2.24) is 0 Å². The Hall–Kier alpha value is -1.62. The van der Waals surface area contributed by atoms with Crippen molar-refractivity contribution in [3.05, 3.63) is 58.6 Å². The number of nitrogens with one attached hydrogen (secondary N) is 1. The van der Waals surface area contributed by atoms with E-state index in [9.17, 15) is 8.78 Å². The van der Waals surface area contributed by atoms with Crippen LogP contribution in [0.4, 0.5) is 14.5 Å². The summed E-state index contributed by atoms with van der Waals surface area (Å²) in [6.07, 6.45) is 0. The Kier molecular flexibility index (Phi) is 4.74. The largest absolute Gasteiger partial charge is 0.434 e. The highest BCUT2D eigenvalue weighted by Crippen LogP contribution is 2.25. The van der Waals surface area contributed by atoms with Gasteiger partial charge in [-0.15, -0.1) is 0 Å². The first kappa shape index (κ1) is 13.8. The molecule has 2 nitrogen and oxygen atoms in total. The third-order valence-electron chi connectivity index (χ3n) is 2.50. The van der Waals surface area contributed by atoms with Gasteiger partial charge < -0.3 is 10.1 Å². The maximum absolute atomic E-state index is 12.3. The van der Waals surface area contributed by atoms with Crippen molar-refractivity contribution in [2.24, 2.45) is 0 Å². The van der Waals surface area contributed by atoms with Crippen molar-refractivity contribution in [3.8, 4) is 5.75 Å². The molecule has 0 radical (unpaired) electrons. The van der Waals surface area contributed by atoms with Gasteiger partial charge in [0, 0.05) is 22.3 Å². The summed E-state index contributed by atoms with van der Waals surface area (Å²) in [6, 6.07) is 14.5. The van der Waals surface area contributed by atoms with Crippen LogP contribution in [0.1, 0.15) is 5.56 Å². The summed E-state index contributed by atoms with van der Waals surface area (Å²) in [5.74, 6) is 0.182. The highest BCUT2D eigenvalue weighted by atomic mass is 79.9. The molecule has 0 atom stereocenters. The summed E-state index contributed by atoms with van der Waals surface area (Å²) in [4.78, 5) is 0. The molecule has 5 heteroatoms. The molecule has 0 aliphatic carbocycles. The Morgan fingerprint density at radius 2 is 1.84 bits per heavy atom. The van der Waals surface area contributed by atoms with Gasteiger partial charge >= 0.3 is 6.61 Å². The molecule has 0 aliphatic heterocycles. The molecule has 2 aromatic rings. The summed E-state index contributed by atoms with van der Waals surface area (Å²) >= 11 is 3.32. The summed E-state index contributed by atoms with van der Waals surface area (Å²) in [7, 11) is 0. The van der Waals surface area contributed by atoms with Gasteiger partial charge in [-0.1, -0.05) is 34.1 Å². The molecule has 0 aliphatic rings. The quantitative estimate of drug-likeness (QED) is 0.862. The molecule has 0 heterocycles. The van der Waals surface area contributed by atoms with Gasteiger partial charge in [0.1, 0.15) is 5.75 Å².